The summed E-state index contributed by atoms with van der Waals surface area (Å²) < 4.78 is 0. The molecule has 2 rings (SSSR count). The molecule has 0 spiro atoms. The van der Waals surface area contributed by atoms with Gasteiger partial charge in [-0.05, 0) is 32.7 Å². The molecule has 1 N–H and O–H groups in total. The molecule has 16 heavy (non-hydrogen) atoms. The number of aliphatic hydroxyl groups excluding tert-OH is 1. The minimum Gasteiger partial charge on any atom is -0.393 e. The molecule has 0 aliphatic heterocycles. The van der Waals surface area contributed by atoms with E-state index in [0.717, 1.165) is 30.2 Å². The number of aromatic nitrogens is 1. The molecule has 1 aromatic rings. The molecule has 0 radical (unpaired) electrons. The summed E-state index contributed by atoms with van der Waals surface area (Å²) in [5.41, 5.74) is 1.15. The van der Waals surface area contributed by atoms with Gasteiger partial charge in [0.05, 0.1) is 16.8 Å². The Morgan fingerprint density at radius 2 is 2.38 bits per heavy atom. The van der Waals surface area contributed by atoms with Gasteiger partial charge in [0.25, 0.3) is 0 Å². The highest BCUT2D eigenvalue weighted by Gasteiger charge is 2.26. The summed E-state index contributed by atoms with van der Waals surface area (Å²) in [5.74, 6) is 0.463. The van der Waals surface area contributed by atoms with Crippen LogP contribution in [-0.4, -0.2) is 34.7 Å². The second-order valence-corrected chi connectivity index (χ2v) is 5.88. The molecule has 2 unspecified atom stereocenters. The Hall–Kier alpha value is -0.450. The number of hydrogen-bond donors (Lipinski definition) is 1. The van der Waals surface area contributed by atoms with Crippen molar-refractivity contribution < 1.29 is 5.11 Å². The predicted octanol–water partition coefficient (Wildman–Crippen LogP) is 2.04. The standard InChI is InChI=1S/C12H20N2OS/c1-9-13-11(8-16-9)7-14(2)6-10-4-3-5-12(10)15/h8,10,12,15H,3-7H2,1-2H3. The normalized spacial score (nSPS) is 25.5. The Morgan fingerprint density at radius 1 is 1.56 bits per heavy atom. The van der Waals surface area contributed by atoms with Gasteiger partial charge < -0.3 is 10.0 Å². The van der Waals surface area contributed by atoms with Crippen molar-refractivity contribution in [1.29, 1.82) is 0 Å². The first-order valence-electron chi connectivity index (χ1n) is 5.93. The largest absolute Gasteiger partial charge is 0.393 e. The summed E-state index contributed by atoms with van der Waals surface area (Å²) in [6.45, 7) is 3.92. The van der Waals surface area contributed by atoms with E-state index in [4.69, 9.17) is 0 Å². The molecule has 0 aromatic carbocycles. The van der Waals surface area contributed by atoms with Crippen LogP contribution in [0.4, 0.5) is 0 Å². The van der Waals surface area contributed by atoms with Crippen LogP contribution in [0.15, 0.2) is 5.38 Å². The van der Waals surface area contributed by atoms with Crippen LogP contribution in [0.25, 0.3) is 0 Å². The number of nitrogens with zero attached hydrogens (tertiary/aromatic N) is 2. The first kappa shape index (κ1) is 12.0. The van der Waals surface area contributed by atoms with Crippen molar-refractivity contribution in [2.45, 2.75) is 38.8 Å². The van der Waals surface area contributed by atoms with Crippen LogP contribution in [0.2, 0.25) is 0 Å². The van der Waals surface area contributed by atoms with E-state index < -0.39 is 0 Å². The maximum atomic E-state index is 9.77. The topological polar surface area (TPSA) is 36.4 Å². The fourth-order valence-corrected chi connectivity index (χ4v) is 3.06. The van der Waals surface area contributed by atoms with E-state index in [1.54, 1.807) is 11.3 Å². The Bertz CT molecular complexity index is 340. The van der Waals surface area contributed by atoms with Gasteiger partial charge in [-0.1, -0.05) is 6.42 Å². The average molecular weight is 240 g/mol. The quantitative estimate of drug-likeness (QED) is 0.875. The molecular weight excluding hydrogens is 220 g/mol. The molecule has 4 heteroatoms. The van der Waals surface area contributed by atoms with Crippen LogP contribution in [0.5, 0.6) is 0 Å². The second-order valence-electron chi connectivity index (χ2n) is 4.81. The molecule has 2 atom stereocenters. The Morgan fingerprint density at radius 3 is 2.94 bits per heavy atom. The Kier molecular flexibility index (Phi) is 3.95. The van der Waals surface area contributed by atoms with Crippen LogP contribution in [-0.2, 0) is 6.54 Å². The summed E-state index contributed by atoms with van der Waals surface area (Å²) in [7, 11) is 2.11. The van der Waals surface area contributed by atoms with Gasteiger partial charge in [0.2, 0.25) is 0 Å². The molecule has 1 fully saturated rings. The molecule has 1 heterocycles. The van der Waals surface area contributed by atoms with E-state index in [1.165, 1.54) is 12.8 Å². The summed E-state index contributed by atoms with van der Waals surface area (Å²) in [6.07, 6.45) is 3.24. The molecule has 0 amide bonds. The highest BCUT2D eigenvalue weighted by atomic mass is 32.1. The van der Waals surface area contributed by atoms with E-state index in [9.17, 15) is 5.11 Å². The average Bonchev–Trinajstić information content (AvgIpc) is 2.77. The first-order chi connectivity index (χ1) is 7.65. The SMILES string of the molecule is Cc1nc(CN(C)CC2CCCC2O)cs1. The van der Waals surface area contributed by atoms with Gasteiger partial charge in [0.1, 0.15) is 0 Å². The smallest absolute Gasteiger partial charge is 0.0897 e. The molecule has 1 aliphatic rings. The molecule has 90 valence electrons. The van der Waals surface area contributed by atoms with E-state index >= 15 is 0 Å². The third-order valence-electron chi connectivity index (χ3n) is 3.26. The van der Waals surface area contributed by atoms with Crippen molar-refractivity contribution in [1.82, 2.24) is 9.88 Å². The Balaban J connectivity index is 1.82. The van der Waals surface area contributed by atoms with E-state index in [-0.39, 0.29) is 6.10 Å². The zero-order valence-electron chi connectivity index (χ0n) is 10.0. The van der Waals surface area contributed by atoms with Gasteiger partial charge in [-0.3, -0.25) is 0 Å². The predicted molar refractivity (Wildman–Crippen MR) is 66.5 cm³/mol. The number of thiazole rings is 1. The lowest BCUT2D eigenvalue weighted by Crippen LogP contribution is -2.29. The molecule has 0 bridgehead atoms. The third-order valence-corrected chi connectivity index (χ3v) is 4.09. The van der Waals surface area contributed by atoms with Crippen molar-refractivity contribution in [3.8, 4) is 0 Å². The van der Waals surface area contributed by atoms with Crippen molar-refractivity contribution in [3.63, 3.8) is 0 Å². The zero-order chi connectivity index (χ0) is 11.5. The van der Waals surface area contributed by atoms with Gasteiger partial charge in [0, 0.05) is 18.5 Å². The maximum absolute atomic E-state index is 9.77. The molecule has 1 aliphatic carbocycles. The van der Waals surface area contributed by atoms with Gasteiger partial charge in [0.15, 0.2) is 0 Å². The van der Waals surface area contributed by atoms with Crippen molar-refractivity contribution in [3.05, 3.63) is 16.1 Å². The number of aryl methyl sites for hydroxylation is 1. The monoisotopic (exact) mass is 240 g/mol. The van der Waals surface area contributed by atoms with Crippen LogP contribution in [0, 0.1) is 12.8 Å². The second kappa shape index (κ2) is 5.25. The molecule has 3 nitrogen and oxygen atoms in total. The Labute approximate surface area is 101 Å². The number of hydrogen-bond acceptors (Lipinski definition) is 4. The lowest BCUT2D eigenvalue weighted by Gasteiger charge is -2.22. The molecule has 1 aromatic heterocycles. The molecule has 1 saturated carbocycles. The minimum absolute atomic E-state index is 0.0837. The summed E-state index contributed by atoms with van der Waals surface area (Å²) in [6, 6.07) is 0. The number of aliphatic hydroxyl groups is 1. The number of rotatable bonds is 4. The molecular formula is C12H20N2OS. The van der Waals surface area contributed by atoms with E-state index in [1.807, 2.05) is 6.92 Å². The van der Waals surface area contributed by atoms with Crippen molar-refractivity contribution >= 4 is 11.3 Å². The molecule has 0 saturated heterocycles. The summed E-state index contributed by atoms with van der Waals surface area (Å²) in [4.78, 5) is 6.73. The van der Waals surface area contributed by atoms with Gasteiger partial charge in [-0.15, -0.1) is 11.3 Å². The maximum Gasteiger partial charge on any atom is 0.0897 e. The lowest BCUT2D eigenvalue weighted by atomic mass is 10.1. The lowest BCUT2D eigenvalue weighted by molar-refractivity contribution is 0.107. The van der Waals surface area contributed by atoms with E-state index in [0.29, 0.717) is 5.92 Å². The summed E-state index contributed by atoms with van der Waals surface area (Å²) in [5, 5.41) is 13.0. The van der Waals surface area contributed by atoms with Crippen LogP contribution >= 0.6 is 11.3 Å². The fraction of sp³-hybridized carbons (Fsp3) is 0.750. The van der Waals surface area contributed by atoms with Crippen molar-refractivity contribution in [2.24, 2.45) is 5.92 Å². The van der Waals surface area contributed by atoms with E-state index in [2.05, 4.69) is 22.3 Å². The minimum atomic E-state index is -0.0837. The van der Waals surface area contributed by atoms with Crippen LogP contribution < -0.4 is 0 Å². The zero-order valence-corrected chi connectivity index (χ0v) is 10.8. The first-order valence-corrected chi connectivity index (χ1v) is 6.80. The third kappa shape index (κ3) is 3.03. The van der Waals surface area contributed by atoms with Crippen LogP contribution in [0.1, 0.15) is 30.0 Å². The van der Waals surface area contributed by atoms with Gasteiger partial charge in [-0.25, -0.2) is 4.98 Å². The highest BCUT2D eigenvalue weighted by Crippen LogP contribution is 2.26. The summed E-state index contributed by atoms with van der Waals surface area (Å²) >= 11 is 1.70. The highest BCUT2D eigenvalue weighted by molar-refractivity contribution is 7.09. The van der Waals surface area contributed by atoms with Gasteiger partial charge >= 0.3 is 0 Å². The van der Waals surface area contributed by atoms with Crippen LogP contribution in [0.3, 0.4) is 0 Å². The van der Waals surface area contributed by atoms with Gasteiger partial charge in [-0.2, -0.15) is 0 Å². The van der Waals surface area contributed by atoms with Crippen molar-refractivity contribution in [2.75, 3.05) is 13.6 Å². The fourth-order valence-electron chi connectivity index (χ4n) is 2.45.